The van der Waals surface area contributed by atoms with Crippen molar-refractivity contribution in [1.29, 1.82) is 0 Å². The number of anilines is 1. The van der Waals surface area contributed by atoms with Crippen LogP contribution in [0.3, 0.4) is 0 Å². The molecule has 0 bridgehead atoms. The van der Waals surface area contributed by atoms with Gasteiger partial charge in [0.05, 0.1) is 16.4 Å². The summed E-state index contributed by atoms with van der Waals surface area (Å²) in [6.45, 7) is 3.93. The van der Waals surface area contributed by atoms with Crippen LogP contribution in [0.2, 0.25) is 0 Å². The third-order valence-corrected chi connectivity index (χ3v) is 3.61. The molecule has 0 amide bonds. The predicted molar refractivity (Wildman–Crippen MR) is 69.0 cm³/mol. The van der Waals surface area contributed by atoms with E-state index in [1.807, 2.05) is 32.0 Å². The predicted octanol–water partition coefficient (Wildman–Crippen LogP) is 3.15. The third-order valence-electron chi connectivity index (χ3n) is 2.55. The SMILES string of the molecule is Cc1nc(C)c(-c2nc3c(N)cccc3o2)s1. The van der Waals surface area contributed by atoms with Crippen molar-refractivity contribution in [3.8, 4) is 10.8 Å². The van der Waals surface area contributed by atoms with E-state index >= 15 is 0 Å². The first-order chi connectivity index (χ1) is 8.15. The Hall–Kier alpha value is -1.88. The average Bonchev–Trinajstić information content (AvgIpc) is 2.82. The number of nitrogen functional groups attached to an aromatic ring is 1. The molecule has 4 nitrogen and oxygen atoms in total. The molecule has 2 heterocycles. The van der Waals surface area contributed by atoms with Crippen molar-refractivity contribution in [1.82, 2.24) is 9.97 Å². The van der Waals surface area contributed by atoms with Gasteiger partial charge in [-0.05, 0) is 26.0 Å². The van der Waals surface area contributed by atoms with E-state index in [1.54, 1.807) is 11.3 Å². The number of nitrogens with two attached hydrogens (primary N) is 1. The molecular weight excluding hydrogens is 234 g/mol. The van der Waals surface area contributed by atoms with Crippen LogP contribution < -0.4 is 5.73 Å². The lowest BCUT2D eigenvalue weighted by Gasteiger charge is -1.89. The molecule has 2 N–H and O–H groups in total. The molecule has 5 heteroatoms. The second kappa shape index (κ2) is 3.56. The summed E-state index contributed by atoms with van der Waals surface area (Å²) in [6, 6.07) is 5.54. The van der Waals surface area contributed by atoms with Crippen LogP contribution in [0.15, 0.2) is 22.6 Å². The standard InChI is InChI=1S/C12H11N3OS/c1-6-11(17-7(2)14-6)12-15-10-8(13)4-3-5-9(10)16-12/h3-5H,13H2,1-2H3. The van der Waals surface area contributed by atoms with E-state index in [0.29, 0.717) is 22.7 Å². The van der Waals surface area contributed by atoms with E-state index in [1.165, 1.54) is 0 Å². The molecule has 0 saturated carbocycles. The van der Waals surface area contributed by atoms with Crippen LogP contribution in [0.1, 0.15) is 10.7 Å². The normalized spacial score (nSPS) is 11.2. The zero-order valence-electron chi connectivity index (χ0n) is 9.52. The van der Waals surface area contributed by atoms with E-state index in [0.717, 1.165) is 15.6 Å². The minimum atomic E-state index is 0.598. The Morgan fingerprint density at radius 3 is 2.71 bits per heavy atom. The number of rotatable bonds is 1. The van der Waals surface area contributed by atoms with Gasteiger partial charge in [0.1, 0.15) is 10.4 Å². The van der Waals surface area contributed by atoms with Gasteiger partial charge in [-0.1, -0.05) is 6.07 Å². The number of para-hydroxylation sites is 1. The first-order valence-corrected chi connectivity index (χ1v) is 6.06. The molecule has 0 atom stereocenters. The van der Waals surface area contributed by atoms with Crippen LogP contribution in [0.5, 0.6) is 0 Å². The number of fused-ring (bicyclic) bond motifs is 1. The molecule has 17 heavy (non-hydrogen) atoms. The monoisotopic (exact) mass is 245 g/mol. The maximum atomic E-state index is 5.86. The smallest absolute Gasteiger partial charge is 0.239 e. The van der Waals surface area contributed by atoms with E-state index in [4.69, 9.17) is 10.2 Å². The molecule has 1 aromatic carbocycles. The number of aryl methyl sites for hydroxylation is 2. The topological polar surface area (TPSA) is 64.9 Å². The molecule has 0 aliphatic carbocycles. The van der Waals surface area contributed by atoms with Gasteiger partial charge in [0.25, 0.3) is 0 Å². The Bertz CT molecular complexity index is 699. The van der Waals surface area contributed by atoms with E-state index in [-0.39, 0.29) is 0 Å². The molecule has 3 rings (SSSR count). The minimum absolute atomic E-state index is 0.598. The molecule has 0 unspecified atom stereocenters. The highest BCUT2D eigenvalue weighted by molar-refractivity contribution is 7.15. The lowest BCUT2D eigenvalue weighted by molar-refractivity contribution is 0.621. The van der Waals surface area contributed by atoms with Crippen molar-refractivity contribution in [2.75, 3.05) is 5.73 Å². The quantitative estimate of drug-likeness (QED) is 0.669. The van der Waals surface area contributed by atoms with Crippen molar-refractivity contribution in [2.45, 2.75) is 13.8 Å². The Labute approximate surface area is 102 Å². The lowest BCUT2D eigenvalue weighted by atomic mass is 10.3. The number of hydrogen-bond donors (Lipinski definition) is 1. The van der Waals surface area contributed by atoms with Gasteiger partial charge in [-0.15, -0.1) is 11.3 Å². The van der Waals surface area contributed by atoms with Gasteiger partial charge in [0.15, 0.2) is 5.58 Å². The number of thiazole rings is 1. The molecule has 0 radical (unpaired) electrons. The van der Waals surface area contributed by atoms with Crippen LogP contribution in [0.25, 0.3) is 21.9 Å². The Morgan fingerprint density at radius 1 is 1.24 bits per heavy atom. The molecule has 0 spiro atoms. The maximum Gasteiger partial charge on any atom is 0.239 e. The first kappa shape index (κ1) is 10.3. The van der Waals surface area contributed by atoms with Gasteiger partial charge >= 0.3 is 0 Å². The highest BCUT2D eigenvalue weighted by Crippen LogP contribution is 2.32. The van der Waals surface area contributed by atoms with Crippen molar-refractivity contribution < 1.29 is 4.42 Å². The molecule has 0 saturated heterocycles. The molecule has 3 aromatic rings. The third kappa shape index (κ3) is 1.59. The average molecular weight is 245 g/mol. The minimum Gasteiger partial charge on any atom is -0.435 e. The largest absolute Gasteiger partial charge is 0.435 e. The van der Waals surface area contributed by atoms with E-state index in [9.17, 15) is 0 Å². The summed E-state index contributed by atoms with van der Waals surface area (Å²) in [5.74, 6) is 0.598. The lowest BCUT2D eigenvalue weighted by Crippen LogP contribution is -1.85. The van der Waals surface area contributed by atoms with Gasteiger partial charge in [0, 0.05) is 0 Å². The van der Waals surface area contributed by atoms with E-state index in [2.05, 4.69) is 9.97 Å². The number of nitrogens with zero attached hydrogens (tertiary/aromatic N) is 2. The summed E-state index contributed by atoms with van der Waals surface area (Å²) in [5.41, 5.74) is 8.86. The van der Waals surface area contributed by atoms with Crippen molar-refractivity contribution >= 4 is 28.1 Å². The number of oxazole rings is 1. The molecule has 0 aliphatic rings. The van der Waals surface area contributed by atoms with Crippen molar-refractivity contribution in [3.63, 3.8) is 0 Å². The Kier molecular flexibility index (Phi) is 2.16. The van der Waals surface area contributed by atoms with Gasteiger partial charge in [-0.3, -0.25) is 0 Å². The van der Waals surface area contributed by atoms with Crippen molar-refractivity contribution in [3.05, 3.63) is 28.9 Å². The summed E-state index contributed by atoms with van der Waals surface area (Å²) < 4.78 is 5.71. The fourth-order valence-corrected chi connectivity index (χ4v) is 2.64. The van der Waals surface area contributed by atoms with Crippen LogP contribution >= 0.6 is 11.3 Å². The number of hydrogen-bond acceptors (Lipinski definition) is 5. The molecule has 0 fully saturated rings. The van der Waals surface area contributed by atoms with Crippen molar-refractivity contribution in [2.24, 2.45) is 0 Å². The highest BCUT2D eigenvalue weighted by atomic mass is 32.1. The van der Waals surface area contributed by atoms with Crippen LogP contribution in [-0.2, 0) is 0 Å². The molecule has 2 aromatic heterocycles. The maximum absolute atomic E-state index is 5.86. The molecule has 0 aliphatic heterocycles. The number of aromatic nitrogens is 2. The van der Waals surface area contributed by atoms with Gasteiger partial charge in [-0.2, -0.15) is 0 Å². The summed E-state index contributed by atoms with van der Waals surface area (Å²) in [7, 11) is 0. The first-order valence-electron chi connectivity index (χ1n) is 5.24. The van der Waals surface area contributed by atoms with Gasteiger partial charge < -0.3 is 10.2 Å². The fraction of sp³-hybridized carbons (Fsp3) is 0.167. The zero-order chi connectivity index (χ0) is 12.0. The van der Waals surface area contributed by atoms with Crippen LogP contribution in [-0.4, -0.2) is 9.97 Å². The number of benzene rings is 1. The summed E-state index contributed by atoms with van der Waals surface area (Å²) in [4.78, 5) is 9.77. The summed E-state index contributed by atoms with van der Waals surface area (Å²) in [5, 5.41) is 1.01. The van der Waals surface area contributed by atoms with Crippen LogP contribution in [0.4, 0.5) is 5.69 Å². The fourth-order valence-electron chi connectivity index (χ4n) is 1.80. The summed E-state index contributed by atoms with van der Waals surface area (Å²) >= 11 is 1.58. The molecular formula is C12H11N3OS. The van der Waals surface area contributed by atoms with Gasteiger partial charge in [0.2, 0.25) is 5.89 Å². The second-order valence-electron chi connectivity index (χ2n) is 3.86. The van der Waals surface area contributed by atoms with Crippen LogP contribution in [0, 0.1) is 13.8 Å². The van der Waals surface area contributed by atoms with E-state index < -0.39 is 0 Å². The zero-order valence-corrected chi connectivity index (χ0v) is 10.3. The summed E-state index contributed by atoms with van der Waals surface area (Å²) in [6.07, 6.45) is 0. The Balaban J connectivity index is 2.25. The molecule has 86 valence electrons. The Morgan fingerprint density at radius 2 is 2.06 bits per heavy atom. The highest BCUT2D eigenvalue weighted by Gasteiger charge is 2.15. The van der Waals surface area contributed by atoms with Gasteiger partial charge in [-0.25, -0.2) is 9.97 Å². The second-order valence-corrected chi connectivity index (χ2v) is 5.06.